The molecule has 0 fully saturated rings. The maximum absolute atomic E-state index is 5.68. The summed E-state index contributed by atoms with van der Waals surface area (Å²) in [5.74, 6) is 0. The molecule has 1 radical (unpaired) electrons. The van der Waals surface area contributed by atoms with E-state index in [0.717, 1.165) is 33.7 Å². The van der Waals surface area contributed by atoms with Crippen molar-refractivity contribution in [1.82, 2.24) is 0 Å². The Morgan fingerprint density at radius 1 is 0.387 bits per heavy atom. The summed E-state index contributed by atoms with van der Waals surface area (Å²) in [5.41, 5.74) is 18.0. The second kappa shape index (κ2) is 9.50. The second-order valence-electron chi connectivity index (χ2n) is 6.91. The number of nitrogens with two attached hydrogens (primary N) is 2. The largest absolute Gasteiger partial charge is 0.399 e. The molecule has 0 heterocycles. The number of rotatable bonds is 6. The summed E-state index contributed by atoms with van der Waals surface area (Å²) >= 11 is 0. The van der Waals surface area contributed by atoms with E-state index in [1.165, 1.54) is 0 Å². The van der Waals surface area contributed by atoms with Crippen LogP contribution in [0.1, 0.15) is 0 Å². The summed E-state index contributed by atoms with van der Waals surface area (Å²) in [7, 11) is 2.09. The van der Waals surface area contributed by atoms with Crippen LogP contribution in [0.4, 0.5) is 34.1 Å². The molecule has 0 saturated heterocycles. The molecule has 0 aliphatic rings. The van der Waals surface area contributed by atoms with Crippen LogP contribution >= 0.6 is 0 Å². The van der Waals surface area contributed by atoms with Crippen molar-refractivity contribution in [3.63, 3.8) is 0 Å². The summed E-state index contributed by atoms with van der Waals surface area (Å²) in [4.78, 5) is 0. The Hall–Kier alpha value is -4.26. The van der Waals surface area contributed by atoms with E-state index in [1.54, 1.807) is 24.3 Å². The van der Waals surface area contributed by atoms with Gasteiger partial charge in [-0.3, -0.25) is 0 Å². The molecule has 0 atom stereocenters. The van der Waals surface area contributed by atoms with Gasteiger partial charge in [0, 0.05) is 11.4 Å². The topological polar surface area (TPSA) is 101 Å². The van der Waals surface area contributed by atoms with E-state index >= 15 is 0 Å². The number of anilines is 2. The van der Waals surface area contributed by atoms with E-state index in [1.807, 2.05) is 72.8 Å². The third kappa shape index (κ3) is 5.87. The fraction of sp³-hybridized carbons (Fsp3) is 0. The van der Waals surface area contributed by atoms with E-state index < -0.39 is 0 Å². The highest BCUT2D eigenvalue weighted by molar-refractivity contribution is 6.67. The van der Waals surface area contributed by atoms with Crippen molar-refractivity contribution >= 4 is 52.3 Å². The summed E-state index contributed by atoms with van der Waals surface area (Å²) in [6.07, 6.45) is 0. The van der Waals surface area contributed by atoms with Gasteiger partial charge in [-0.2, -0.15) is 20.5 Å². The van der Waals surface area contributed by atoms with Gasteiger partial charge in [0.25, 0.3) is 0 Å². The first-order valence-corrected chi connectivity index (χ1v) is 9.73. The van der Waals surface area contributed by atoms with Crippen molar-refractivity contribution in [2.75, 3.05) is 11.5 Å². The molecule has 0 bridgehead atoms. The zero-order valence-electron chi connectivity index (χ0n) is 16.8. The molecule has 7 heteroatoms. The van der Waals surface area contributed by atoms with Crippen LogP contribution < -0.4 is 22.4 Å². The van der Waals surface area contributed by atoms with Crippen molar-refractivity contribution < 1.29 is 0 Å². The molecule has 149 valence electrons. The average molecular weight is 403 g/mol. The number of hydrogen-bond donors (Lipinski definition) is 2. The molecule has 0 saturated carbocycles. The quantitative estimate of drug-likeness (QED) is 0.258. The van der Waals surface area contributed by atoms with Crippen LogP contribution in [0.25, 0.3) is 0 Å². The normalized spacial score (nSPS) is 11.2. The van der Waals surface area contributed by atoms with Crippen LogP contribution in [-0.4, -0.2) is 7.28 Å². The smallest absolute Gasteiger partial charge is 0.191 e. The minimum absolute atomic E-state index is 0.705. The molecule has 0 spiro atoms. The minimum Gasteiger partial charge on any atom is -0.399 e. The van der Waals surface area contributed by atoms with Crippen LogP contribution in [-0.2, 0) is 0 Å². The molecule has 4 aromatic carbocycles. The molecule has 0 aliphatic heterocycles. The monoisotopic (exact) mass is 403 g/mol. The zero-order chi connectivity index (χ0) is 21.5. The molecule has 0 aromatic heterocycles. The Balaban J connectivity index is 1.35. The number of benzene rings is 4. The first-order valence-electron chi connectivity index (χ1n) is 9.73. The molecule has 0 amide bonds. The van der Waals surface area contributed by atoms with Gasteiger partial charge in [-0.1, -0.05) is 35.2 Å². The van der Waals surface area contributed by atoms with Gasteiger partial charge >= 0.3 is 0 Å². The van der Waals surface area contributed by atoms with Crippen LogP contribution in [0.15, 0.2) is 118 Å². The van der Waals surface area contributed by atoms with Gasteiger partial charge < -0.3 is 11.5 Å². The van der Waals surface area contributed by atoms with Crippen LogP contribution in [0.3, 0.4) is 0 Å². The van der Waals surface area contributed by atoms with Gasteiger partial charge in [0.1, 0.15) is 0 Å². The van der Waals surface area contributed by atoms with E-state index in [9.17, 15) is 0 Å². The molecule has 4 rings (SSSR count). The first kappa shape index (κ1) is 20.0. The Morgan fingerprint density at radius 3 is 0.935 bits per heavy atom. The van der Waals surface area contributed by atoms with Crippen molar-refractivity contribution in [1.29, 1.82) is 0 Å². The lowest BCUT2D eigenvalue weighted by Crippen LogP contribution is -2.26. The SMILES string of the molecule is Nc1ccc(N=Nc2ccc([B]c3ccc(N=Nc4ccc(N)cc4)cc3)cc2)cc1. The predicted octanol–water partition coefficient (Wildman–Crippen LogP) is 5.34. The van der Waals surface area contributed by atoms with E-state index in [4.69, 9.17) is 11.5 Å². The zero-order valence-corrected chi connectivity index (χ0v) is 16.8. The van der Waals surface area contributed by atoms with Crippen molar-refractivity contribution in [3.05, 3.63) is 97.1 Å². The fourth-order valence-electron chi connectivity index (χ4n) is 2.78. The standard InChI is InChI=1S/C24H20BN6/c26-19-5-13-23(14-6-19)30-28-21-9-1-17(2-10-21)25-18-3-11-22(12-4-18)29-31-24-15-7-20(27)8-16-24/h1-16H,26-27H2. The highest BCUT2D eigenvalue weighted by Gasteiger charge is 2.01. The molecule has 0 unspecified atom stereocenters. The highest BCUT2D eigenvalue weighted by Crippen LogP contribution is 2.19. The highest BCUT2D eigenvalue weighted by atomic mass is 15.1. The summed E-state index contributed by atoms with van der Waals surface area (Å²) in [5, 5.41) is 16.9. The summed E-state index contributed by atoms with van der Waals surface area (Å²) in [6.45, 7) is 0. The molecule has 31 heavy (non-hydrogen) atoms. The lowest BCUT2D eigenvalue weighted by atomic mass is 9.64. The van der Waals surface area contributed by atoms with E-state index in [-0.39, 0.29) is 0 Å². The number of nitrogens with zero attached hydrogens (tertiary/aromatic N) is 4. The Labute approximate surface area is 181 Å². The lowest BCUT2D eigenvalue weighted by molar-refractivity contribution is 1.23. The first-order chi connectivity index (χ1) is 15.1. The Morgan fingerprint density at radius 2 is 0.645 bits per heavy atom. The van der Waals surface area contributed by atoms with Gasteiger partial charge in [-0.05, 0) is 72.8 Å². The van der Waals surface area contributed by atoms with Crippen LogP contribution in [0.2, 0.25) is 0 Å². The fourth-order valence-corrected chi connectivity index (χ4v) is 2.78. The summed E-state index contributed by atoms with van der Waals surface area (Å²) < 4.78 is 0. The average Bonchev–Trinajstić information content (AvgIpc) is 2.80. The van der Waals surface area contributed by atoms with Gasteiger partial charge in [-0.15, -0.1) is 0 Å². The van der Waals surface area contributed by atoms with Crippen molar-refractivity contribution in [3.8, 4) is 0 Å². The molecular formula is C24H20BN6. The van der Waals surface area contributed by atoms with Gasteiger partial charge in [0.2, 0.25) is 0 Å². The van der Waals surface area contributed by atoms with E-state index in [0.29, 0.717) is 11.4 Å². The van der Waals surface area contributed by atoms with Crippen LogP contribution in [0.5, 0.6) is 0 Å². The molecule has 4 aromatic rings. The Kier molecular flexibility index (Phi) is 6.14. The maximum atomic E-state index is 5.68. The third-order valence-corrected chi connectivity index (χ3v) is 4.47. The lowest BCUT2D eigenvalue weighted by Gasteiger charge is -2.02. The van der Waals surface area contributed by atoms with Gasteiger partial charge in [0.15, 0.2) is 7.28 Å². The molecule has 6 nitrogen and oxygen atoms in total. The predicted molar refractivity (Wildman–Crippen MR) is 128 cm³/mol. The Bertz CT molecular complexity index is 1090. The van der Waals surface area contributed by atoms with Gasteiger partial charge in [-0.25, -0.2) is 0 Å². The summed E-state index contributed by atoms with van der Waals surface area (Å²) in [6, 6.07) is 30.3. The molecular weight excluding hydrogens is 383 g/mol. The number of azo groups is 2. The molecule has 4 N–H and O–H groups in total. The van der Waals surface area contributed by atoms with Gasteiger partial charge in [0.05, 0.1) is 22.7 Å². The van der Waals surface area contributed by atoms with Crippen molar-refractivity contribution in [2.24, 2.45) is 20.5 Å². The second-order valence-corrected chi connectivity index (χ2v) is 6.91. The third-order valence-electron chi connectivity index (χ3n) is 4.47. The molecule has 0 aliphatic carbocycles. The van der Waals surface area contributed by atoms with E-state index in [2.05, 4.69) is 27.7 Å². The van der Waals surface area contributed by atoms with Crippen molar-refractivity contribution in [2.45, 2.75) is 0 Å². The number of hydrogen-bond acceptors (Lipinski definition) is 6. The maximum Gasteiger partial charge on any atom is 0.191 e. The number of nitrogen functional groups attached to an aromatic ring is 2. The van der Waals surface area contributed by atoms with Crippen LogP contribution in [0, 0.1) is 0 Å². The minimum atomic E-state index is 0.705.